The fraction of sp³-hybridized carbons (Fsp3) is 0.379. The quantitative estimate of drug-likeness (QED) is 0.393. The molecule has 1 saturated carbocycles. The van der Waals surface area contributed by atoms with E-state index in [1.54, 1.807) is 12.3 Å². The number of rotatable bonds is 7. The summed E-state index contributed by atoms with van der Waals surface area (Å²) in [4.78, 5) is 38.0. The Morgan fingerprint density at radius 1 is 1.02 bits per heavy atom. The predicted molar refractivity (Wildman–Crippen MR) is 150 cm³/mol. The molecule has 41 heavy (non-hydrogen) atoms. The summed E-state index contributed by atoms with van der Waals surface area (Å²) in [6.07, 6.45) is 0.224. The molecule has 2 aromatic heterocycles. The minimum absolute atomic E-state index is 0.0316. The maximum absolute atomic E-state index is 14.0. The van der Waals surface area contributed by atoms with Crippen molar-refractivity contribution in [2.75, 3.05) is 43.4 Å². The number of likely N-dealkylation sites (N-methyl/N-ethyl adjacent to an activating group) is 1. The Balaban J connectivity index is 1.24. The van der Waals surface area contributed by atoms with E-state index in [2.05, 4.69) is 44.3 Å². The summed E-state index contributed by atoms with van der Waals surface area (Å²) >= 11 is 1.25. The molecular formula is C29H29F3N6O2S. The summed E-state index contributed by atoms with van der Waals surface area (Å²) < 4.78 is 41.9. The molecule has 1 saturated heterocycles. The van der Waals surface area contributed by atoms with Gasteiger partial charge in [-0.3, -0.25) is 14.5 Å². The number of benzene rings is 1. The predicted octanol–water partition coefficient (Wildman–Crippen LogP) is 4.70. The maximum atomic E-state index is 14.0. The molecule has 0 radical (unpaired) electrons. The van der Waals surface area contributed by atoms with Crippen molar-refractivity contribution in [2.45, 2.75) is 32.5 Å². The Morgan fingerprint density at radius 3 is 2.49 bits per heavy atom. The molecule has 2 fully saturated rings. The molecule has 0 unspecified atom stereocenters. The number of nitrogens with zero attached hydrogens (tertiary/aromatic N) is 4. The highest BCUT2D eigenvalue weighted by molar-refractivity contribution is 7.16. The van der Waals surface area contributed by atoms with Crippen molar-refractivity contribution >= 4 is 34.1 Å². The highest BCUT2D eigenvalue weighted by Crippen LogP contribution is 2.34. The third-order valence-corrected chi connectivity index (χ3v) is 7.83. The molecule has 5 rings (SSSR count). The number of amides is 2. The lowest BCUT2D eigenvalue weighted by atomic mass is 10.0. The summed E-state index contributed by atoms with van der Waals surface area (Å²) in [5.74, 6) is 5.43. The van der Waals surface area contributed by atoms with Gasteiger partial charge < -0.3 is 15.5 Å². The summed E-state index contributed by atoms with van der Waals surface area (Å²) in [6.45, 7) is 6.18. The zero-order valence-corrected chi connectivity index (χ0v) is 23.2. The van der Waals surface area contributed by atoms with Crippen LogP contribution in [0.2, 0.25) is 0 Å². The monoisotopic (exact) mass is 582 g/mol. The van der Waals surface area contributed by atoms with Crippen LogP contribution in [0.1, 0.15) is 51.7 Å². The van der Waals surface area contributed by atoms with Gasteiger partial charge in [0, 0.05) is 56.0 Å². The van der Waals surface area contributed by atoms with E-state index in [4.69, 9.17) is 0 Å². The van der Waals surface area contributed by atoms with E-state index in [1.807, 2.05) is 4.90 Å². The minimum Gasteiger partial charge on any atom is -0.307 e. The first-order valence-electron chi connectivity index (χ1n) is 13.4. The average molecular weight is 583 g/mol. The molecule has 1 aliphatic heterocycles. The van der Waals surface area contributed by atoms with Crippen LogP contribution >= 0.6 is 11.3 Å². The van der Waals surface area contributed by atoms with Crippen LogP contribution in [0.4, 0.5) is 24.1 Å². The SMILES string of the molecule is CCN1CCN(Cc2ccc(C(=O)Nc3cc(C#Cc4cnc(NC(=O)C5CC5)s4)ccn3)cc2C(F)(F)F)CC1. The van der Waals surface area contributed by atoms with Gasteiger partial charge >= 0.3 is 6.18 Å². The zero-order chi connectivity index (χ0) is 29.0. The first-order chi connectivity index (χ1) is 19.7. The number of nitrogens with one attached hydrogen (secondary N) is 2. The Bertz CT molecular complexity index is 1480. The van der Waals surface area contributed by atoms with Gasteiger partial charge in [-0.25, -0.2) is 9.97 Å². The van der Waals surface area contributed by atoms with E-state index in [0.717, 1.165) is 38.5 Å². The summed E-state index contributed by atoms with van der Waals surface area (Å²) in [7, 11) is 0. The van der Waals surface area contributed by atoms with Crippen molar-refractivity contribution in [3.8, 4) is 11.8 Å². The van der Waals surface area contributed by atoms with Crippen LogP contribution in [0.15, 0.2) is 42.7 Å². The Morgan fingerprint density at radius 2 is 1.78 bits per heavy atom. The third-order valence-electron chi connectivity index (χ3n) is 7.00. The molecule has 2 aliphatic rings. The van der Waals surface area contributed by atoms with Crippen LogP contribution in [0.5, 0.6) is 0 Å². The Kier molecular flexibility index (Phi) is 8.68. The summed E-state index contributed by atoms with van der Waals surface area (Å²) in [5, 5.41) is 5.83. The van der Waals surface area contributed by atoms with Gasteiger partial charge in [0.1, 0.15) is 5.82 Å². The van der Waals surface area contributed by atoms with Crippen LogP contribution in [0.25, 0.3) is 0 Å². The first-order valence-corrected chi connectivity index (χ1v) is 14.2. The molecule has 0 bridgehead atoms. The van der Waals surface area contributed by atoms with Crippen molar-refractivity contribution in [2.24, 2.45) is 5.92 Å². The molecule has 3 heterocycles. The standard InChI is InChI=1S/C29H29F3N6O2S/c1-2-37-11-13-38(14-12-37)18-22-7-6-21(16-24(22)29(30,31)32)27(40)35-25-15-19(9-10-33-25)3-8-23-17-34-28(41-23)36-26(39)20-4-5-20/h6-7,9-10,15-17,20H,2,4-5,11-14,18H2,1H3,(H,33,35,40)(H,34,36,39). The number of carbonyl (C=O) groups is 2. The number of aromatic nitrogens is 2. The number of anilines is 2. The van der Waals surface area contributed by atoms with E-state index in [-0.39, 0.29) is 35.3 Å². The van der Waals surface area contributed by atoms with Crippen LogP contribution in [-0.4, -0.2) is 64.3 Å². The second-order valence-electron chi connectivity index (χ2n) is 10.0. The molecule has 2 N–H and O–H groups in total. The van der Waals surface area contributed by atoms with Crippen LogP contribution in [0, 0.1) is 17.8 Å². The topological polar surface area (TPSA) is 90.5 Å². The van der Waals surface area contributed by atoms with E-state index in [1.165, 1.54) is 35.7 Å². The molecule has 1 aliphatic carbocycles. The molecular weight excluding hydrogens is 553 g/mol. The number of halogens is 3. The summed E-state index contributed by atoms with van der Waals surface area (Å²) in [6, 6.07) is 6.89. The molecule has 12 heteroatoms. The van der Waals surface area contributed by atoms with Gasteiger partial charge in [-0.1, -0.05) is 30.2 Å². The average Bonchev–Trinajstić information content (AvgIpc) is 3.72. The van der Waals surface area contributed by atoms with E-state index < -0.39 is 17.6 Å². The maximum Gasteiger partial charge on any atom is 0.416 e. The number of piperazine rings is 1. The van der Waals surface area contributed by atoms with Crippen molar-refractivity contribution in [1.82, 2.24) is 19.8 Å². The van der Waals surface area contributed by atoms with Gasteiger partial charge in [-0.05, 0) is 55.1 Å². The van der Waals surface area contributed by atoms with Gasteiger partial charge in [-0.2, -0.15) is 13.2 Å². The fourth-order valence-electron chi connectivity index (χ4n) is 4.47. The van der Waals surface area contributed by atoms with Crippen molar-refractivity contribution in [1.29, 1.82) is 0 Å². The third kappa shape index (κ3) is 7.70. The number of alkyl halides is 3. The number of carbonyl (C=O) groups excluding carboxylic acids is 2. The van der Waals surface area contributed by atoms with E-state index >= 15 is 0 Å². The number of pyridine rings is 1. The van der Waals surface area contributed by atoms with Crippen molar-refractivity contribution in [3.63, 3.8) is 0 Å². The number of hydrogen-bond donors (Lipinski definition) is 2. The van der Waals surface area contributed by atoms with Gasteiger partial charge in [0.25, 0.3) is 5.91 Å². The lowest BCUT2D eigenvalue weighted by Gasteiger charge is -2.34. The minimum atomic E-state index is -4.60. The molecule has 1 aromatic carbocycles. The highest BCUT2D eigenvalue weighted by atomic mass is 32.1. The summed E-state index contributed by atoms with van der Waals surface area (Å²) in [5.41, 5.74) is -0.233. The molecule has 8 nitrogen and oxygen atoms in total. The molecule has 2 amide bonds. The second kappa shape index (κ2) is 12.4. The second-order valence-corrected chi connectivity index (χ2v) is 11.0. The molecule has 0 spiro atoms. The lowest BCUT2D eigenvalue weighted by Crippen LogP contribution is -2.45. The Labute approximate surface area is 240 Å². The smallest absolute Gasteiger partial charge is 0.307 e. The van der Waals surface area contributed by atoms with Crippen LogP contribution in [-0.2, 0) is 17.5 Å². The van der Waals surface area contributed by atoms with Crippen molar-refractivity contribution in [3.05, 3.63) is 69.9 Å². The van der Waals surface area contributed by atoms with Gasteiger partial charge in [0.2, 0.25) is 5.91 Å². The van der Waals surface area contributed by atoms with E-state index in [0.29, 0.717) is 28.7 Å². The molecule has 0 atom stereocenters. The molecule has 3 aromatic rings. The highest BCUT2D eigenvalue weighted by Gasteiger charge is 2.35. The van der Waals surface area contributed by atoms with Crippen LogP contribution < -0.4 is 10.6 Å². The molecule has 214 valence electrons. The zero-order valence-electron chi connectivity index (χ0n) is 22.4. The van der Waals surface area contributed by atoms with Gasteiger partial charge in [0.05, 0.1) is 16.6 Å². The van der Waals surface area contributed by atoms with Gasteiger partial charge in [-0.15, -0.1) is 0 Å². The number of thiazole rings is 1. The fourth-order valence-corrected chi connectivity index (χ4v) is 5.14. The normalized spacial score (nSPS) is 16.1. The van der Waals surface area contributed by atoms with E-state index in [9.17, 15) is 22.8 Å². The Hall–Kier alpha value is -3.79. The first kappa shape index (κ1) is 28.7. The van der Waals surface area contributed by atoms with Crippen LogP contribution in [0.3, 0.4) is 0 Å². The largest absolute Gasteiger partial charge is 0.416 e. The number of hydrogen-bond acceptors (Lipinski definition) is 7. The van der Waals surface area contributed by atoms with Crippen molar-refractivity contribution < 1.29 is 22.8 Å². The lowest BCUT2D eigenvalue weighted by molar-refractivity contribution is -0.138. The van der Waals surface area contributed by atoms with Gasteiger partial charge in [0.15, 0.2) is 5.13 Å².